The maximum Gasteiger partial charge on any atom is 0.321 e. The number of hydrogen-bond acceptors (Lipinski definition) is 5. The Balaban J connectivity index is 2.83. The van der Waals surface area contributed by atoms with Crippen molar-refractivity contribution in [1.82, 2.24) is 0 Å². The SMILES string of the molecule is CCC(C)OC(=O)CS(=O)(=O)c1ccc(C(C)=O)cc1. The van der Waals surface area contributed by atoms with Crippen molar-refractivity contribution in [2.75, 3.05) is 5.75 Å². The van der Waals surface area contributed by atoms with Gasteiger partial charge >= 0.3 is 5.97 Å². The number of rotatable bonds is 6. The van der Waals surface area contributed by atoms with E-state index in [4.69, 9.17) is 4.74 Å². The molecule has 0 radical (unpaired) electrons. The molecule has 1 rings (SSSR count). The molecule has 0 N–H and O–H groups in total. The molecule has 0 spiro atoms. The Morgan fingerprint density at radius 1 is 1.20 bits per heavy atom. The molecule has 1 unspecified atom stereocenters. The lowest BCUT2D eigenvalue weighted by atomic mass is 10.2. The van der Waals surface area contributed by atoms with Gasteiger partial charge in [-0.3, -0.25) is 9.59 Å². The summed E-state index contributed by atoms with van der Waals surface area (Å²) in [6.45, 7) is 4.94. The van der Waals surface area contributed by atoms with Crippen LogP contribution in [0.25, 0.3) is 0 Å². The maximum absolute atomic E-state index is 12.0. The maximum atomic E-state index is 12.0. The van der Waals surface area contributed by atoms with Gasteiger partial charge in [0.15, 0.2) is 21.4 Å². The molecule has 1 aromatic rings. The minimum absolute atomic E-state index is 0.00333. The topological polar surface area (TPSA) is 77.5 Å². The number of Topliss-reactive ketones (excluding diaryl/α,β-unsaturated/α-hetero) is 1. The molecule has 0 aliphatic rings. The van der Waals surface area contributed by atoms with Gasteiger partial charge in [0.2, 0.25) is 0 Å². The number of carbonyl (C=O) groups excluding carboxylic acids is 2. The molecule has 6 heteroatoms. The fourth-order valence-corrected chi connectivity index (χ4v) is 2.57. The minimum Gasteiger partial charge on any atom is -0.462 e. The summed E-state index contributed by atoms with van der Waals surface area (Å²) in [7, 11) is -3.74. The number of esters is 1. The van der Waals surface area contributed by atoms with Crippen molar-refractivity contribution < 1.29 is 22.7 Å². The van der Waals surface area contributed by atoms with Crippen molar-refractivity contribution in [1.29, 1.82) is 0 Å². The van der Waals surface area contributed by atoms with Gasteiger partial charge < -0.3 is 4.74 Å². The zero-order valence-corrected chi connectivity index (χ0v) is 12.6. The van der Waals surface area contributed by atoms with Crippen LogP contribution in [0.4, 0.5) is 0 Å². The van der Waals surface area contributed by atoms with E-state index in [-0.39, 0.29) is 16.8 Å². The first-order chi connectivity index (χ1) is 9.26. The number of ketones is 1. The van der Waals surface area contributed by atoms with Gasteiger partial charge in [-0.15, -0.1) is 0 Å². The van der Waals surface area contributed by atoms with Crippen molar-refractivity contribution in [2.45, 2.75) is 38.2 Å². The van der Waals surface area contributed by atoms with Crippen molar-refractivity contribution >= 4 is 21.6 Å². The highest BCUT2D eigenvalue weighted by atomic mass is 32.2. The quantitative estimate of drug-likeness (QED) is 0.593. The van der Waals surface area contributed by atoms with Crippen LogP contribution in [-0.4, -0.2) is 32.0 Å². The molecule has 0 aliphatic carbocycles. The van der Waals surface area contributed by atoms with Crippen LogP contribution in [-0.2, 0) is 19.4 Å². The number of sulfone groups is 1. The molecule has 110 valence electrons. The molecule has 1 atom stereocenters. The first-order valence-corrected chi connectivity index (χ1v) is 7.94. The Kier molecular flexibility index (Phi) is 5.44. The monoisotopic (exact) mass is 298 g/mol. The summed E-state index contributed by atoms with van der Waals surface area (Å²) >= 11 is 0. The van der Waals surface area contributed by atoms with Gasteiger partial charge in [-0.2, -0.15) is 0 Å². The van der Waals surface area contributed by atoms with Gasteiger partial charge in [0.25, 0.3) is 0 Å². The van der Waals surface area contributed by atoms with E-state index in [0.29, 0.717) is 12.0 Å². The Morgan fingerprint density at radius 3 is 2.20 bits per heavy atom. The molecule has 0 saturated heterocycles. The third-order valence-electron chi connectivity index (χ3n) is 2.84. The molecular weight excluding hydrogens is 280 g/mol. The van der Waals surface area contributed by atoms with E-state index in [2.05, 4.69) is 0 Å². The molecule has 0 bridgehead atoms. The van der Waals surface area contributed by atoms with Crippen LogP contribution in [0, 0.1) is 0 Å². The van der Waals surface area contributed by atoms with Gasteiger partial charge in [-0.05, 0) is 32.4 Å². The van der Waals surface area contributed by atoms with Gasteiger partial charge in [0, 0.05) is 5.56 Å². The van der Waals surface area contributed by atoms with Crippen LogP contribution in [0.1, 0.15) is 37.6 Å². The highest BCUT2D eigenvalue weighted by molar-refractivity contribution is 7.92. The molecule has 0 aromatic heterocycles. The lowest BCUT2D eigenvalue weighted by molar-refractivity contribution is -0.145. The second-order valence-electron chi connectivity index (χ2n) is 4.55. The van der Waals surface area contributed by atoms with Crippen LogP contribution in [0.2, 0.25) is 0 Å². The largest absolute Gasteiger partial charge is 0.462 e. The Labute approximate surface area is 118 Å². The lowest BCUT2D eigenvalue weighted by Gasteiger charge is -2.11. The van der Waals surface area contributed by atoms with Crippen LogP contribution in [0.5, 0.6) is 0 Å². The predicted molar refractivity (Wildman–Crippen MR) is 74.3 cm³/mol. The molecule has 1 aromatic carbocycles. The minimum atomic E-state index is -3.74. The molecule has 0 heterocycles. The van der Waals surface area contributed by atoms with Gasteiger partial charge in [0.05, 0.1) is 11.0 Å². The molecule has 0 fully saturated rings. The van der Waals surface area contributed by atoms with E-state index >= 15 is 0 Å². The number of carbonyl (C=O) groups is 2. The Bertz CT molecular complexity index is 586. The van der Waals surface area contributed by atoms with Crippen LogP contribution in [0.3, 0.4) is 0 Å². The molecule has 5 nitrogen and oxygen atoms in total. The van der Waals surface area contributed by atoms with E-state index in [1.54, 1.807) is 6.92 Å². The number of benzene rings is 1. The van der Waals surface area contributed by atoms with E-state index in [0.717, 1.165) is 0 Å². The smallest absolute Gasteiger partial charge is 0.321 e. The van der Waals surface area contributed by atoms with Gasteiger partial charge in [0.1, 0.15) is 0 Å². The van der Waals surface area contributed by atoms with Crippen molar-refractivity contribution in [3.8, 4) is 0 Å². The Hall–Kier alpha value is -1.69. The normalized spacial score (nSPS) is 12.8. The van der Waals surface area contributed by atoms with Gasteiger partial charge in [-0.1, -0.05) is 19.1 Å². The summed E-state index contributed by atoms with van der Waals surface area (Å²) < 4.78 is 29.0. The van der Waals surface area contributed by atoms with E-state index < -0.39 is 21.6 Å². The fourth-order valence-electron chi connectivity index (χ4n) is 1.48. The average Bonchev–Trinajstić information content (AvgIpc) is 2.37. The average molecular weight is 298 g/mol. The molecule has 0 saturated carbocycles. The highest BCUT2D eigenvalue weighted by Crippen LogP contribution is 2.13. The summed E-state index contributed by atoms with van der Waals surface area (Å²) in [5.74, 6) is -1.61. The van der Waals surface area contributed by atoms with Crippen molar-refractivity contribution in [3.63, 3.8) is 0 Å². The summed E-state index contributed by atoms with van der Waals surface area (Å²) in [4.78, 5) is 22.6. The second kappa shape index (κ2) is 6.65. The molecule has 20 heavy (non-hydrogen) atoms. The standard InChI is InChI=1S/C14H18O5S/c1-4-10(2)19-14(16)9-20(17,18)13-7-5-12(6-8-13)11(3)15/h5-8,10H,4,9H2,1-3H3. The molecular formula is C14H18O5S. The van der Waals surface area contributed by atoms with Crippen LogP contribution < -0.4 is 0 Å². The zero-order valence-electron chi connectivity index (χ0n) is 11.8. The van der Waals surface area contributed by atoms with Crippen molar-refractivity contribution in [2.24, 2.45) is 0 Å². The predicted octanol–water partition coefficient (Wildman–Crippen LogP) is 2.00. The summed E-state index contributed by atoms with van der Waals surface area (Å²) in [5.41, 5.74) is 0.422. The second-order valence-corrected chi connectivity index (χ2v) is 6.54. The Morgan fingerprint density at radius 2 is 1.75 bits per heavy atom. The fraction of sp³-hybridized carbons (Fsp3) is 0.429. The summed E-state index contributed by atoms with van der Waals surface area (Å²) in [6, 6.07) is 5.50. The van der Waals surface area contributed by atoms with E-state index in [1.165, 1.54) is 31.2 Å². The van der Waals surface area contributed by atoms with Gasteiger partial charge in [-0.25, -0.2) is 8.42 Å². The third-order valence-corrected chi connectivity index (χ3v) is 4.44. The first-order valence-electron chi connectivity index (χ1n) is 6.29. The van der Waals surface area contributed by atoms with Crippen LogP contribution >= 0.6 is 0 Å². The summed E-state index contributed by atoms with van der Waals surface area (Å²) in [6.07, 6.45) is 0.317. The van der Waals surface area contributed by atoms with Crippen LogP contribution in [0.15, 0.2) is 29.2 Å². The number of ether oxygens (including phenoxy) is 1. The van der Waals surface area contributed by atoms with E-state index in [9.17, 15) is 18.0 Å². The molecule has 0 aliphatic heterocycles. The lowest BCUT2D eigenvalue weighted by Crippen LogP contribution is -2.22. The van der Waals surface area contributed by atoms with E-state index in [1.807, 2.05) is 6.92 Å². The third kappa shape index (κ3) is 4.45. The first kappa shape index (κ1) is 16.4. The summed E-state index contributed by atoms with van der Waals surface area (Å²) in [5, 5.41) is 0. The molecule has 0 amide bonds. The zero-order chi connectivity index (χ0) is 15.3. The number of hydrogen-bond donors (Lipinski definition) is 0. The van der Waals surface area contributed by atoms with Crippen molar-refractivity contribution in [3.05, 3.63) is 29.8 Å². The highest BCUT2D eigenvalue weighted by Gasteiger charge is 2.21.